The van der Waals surface area contributed by atoms with Gasteiger partial charge in [0.15, 0.2) is 0 Å². The Hall–Kier alpha value is -0.610. The fraction of sp³-hybridized carbons (Fsp3) is 0.923. The molecule has 17 heavy (non-hydrogen) atoms. The second kappa shape index (κ2) is 7.67. The molecule has 0 aliphatic carbocycles. The average Bonchev–Trinajstić information content (AvgIpc) is 2.27. The molecule has 1 heterocycles. The zero-order valence-corrected chi connectivity index (χ0v) is 11.3. The number of nitrogens with one attached hydrogen (secondary N) is 2. The van der Waals surface area contributed by atoms with Crippen LogP contribution in [0.1, 0.15) is 40.0 Å². The van der Waals surface area contributed by atoms with Crippen molar-refractivity contribution in [3.8, 4) is 0 Å². The summed E-state index contributed by atoms with van der Waals surface area (Å²) in [7, 11) is 0. The number of hydrogen-bond acceptors (Lipinski definition) is 3. The van der Waals surface area contributed by atoms with E-state index in [4.69, 9.17) is 4.74 Å². The molecule has 0 spiro atoms. The van der Waals surface area contributed by atoms with Gasteiger partial charge in [-0.05, 0) is 39.0 Å². The van der Waals surface area contributed by atoms with Crippen LogP contribution in [0.3, 0.4) is 0 Å². The molecule has 1 amide bonds. The van der Waals surface area contributed by atoms with Crippen LogP contribution >= 0.6 is 0 Å². The molecule has 1 aliphatic rings. The van der Waals surface area contributed by atoms with Gasteiger partial charge in [0.05, 0.1) is 6.04 Å². The predicted molar refractivity (Wildman–Crippen MR) is 68.9 cm³/mol. The van der Waals surface area contributed by atoms with Gasteiger partial charge in [0.1, 0.15) is 0 Å². The van der Waals surface area contributed by atoms with Gasteiger partial charge in [-0.3, -0.25) is 4.79 Å². The Balaban J connectivity index is 2.18. The van der Waals surface area contributed by atoms with E-state index in [0.29, 0.717) is 18.5 Å². The van der Waals surface area contributed by atoms with Crippen LogP contribution in [0.5, 0.6) is 0 Å². The average molecular weight is 242 g/mol. The van der Waals surface area contributed by atoms with Crippen molar-refractivity contribution in [3.05, 3.63) is 0 Å². The Bertz CT molecular complexity index is 223. The van der Waals surface area contributed by atoms with Gasteiger partial charge in [-0.25, -0.2) is 0 Å². The molecule has 0 aromatic carbocycles. The lowest BCUT2D eigenvalue weighted by Gasteiger charge is -2.32. The first kappa shape index (κ1) is 14.5. The van der Waals surface area contributed by atoms with Crippen LogP contribution in [0.2, 0.25) is 0 Å². The van der Waals surface area contributed by atoms with E-state index in [-0.39, 0.29) is 11.9 Å². The fourth-order valence-electron chi connectivity index (χ4n) is 2.42. The Morgan fingerprint density at radius 2 is 2.18 bits per heavy atom. The molecular formula is C13H26N2O2. The SMILES string of the molecule is CCOCCCNC(=O)C1CC(C)CC(C)N1. The first-order valence-electron chi connectivity index (χ1n) is 6.75. The van der Waals surface area contributed by atoms with Crippen LogP contribution in [0, 0.1) is 5.92 Å². The number of ether oxygens (including phenoxy) is 1. The molecule has 0 bridgehead atoms. The van der Waals surface area contributed by atoms with Crippen molar-refractivity contribution in [2.24, 2.45) is 5.92 Å². The zero-order chi connectivity index (χ0) is 12.7. The Labute approximate surface area is 104 Å². The minimum absolute atomic E-state index is 0.0131. The number of piperidine rings is 1. The van der Waals surface area contributed by atoms with Crippen molar-refractivity contribution in [2.75, 3.05) is 19.8 Å². The maximum Gasteiger partial charge on any atom is 0.237 e. The number of carbonyl (C=O) groups is 1. The van der Waals surface area contributed by atoms with Crippen molar-refractivity contribution < 1.29 is 9.53 Å². The Kier molecular flexibility index (Phi) is 6.52. The highest BCUT2D eigenvalue weighted by Crippen LogP contribution is 2.19. The number of hydrogen-bond donors (Lipinski definition) is 2. The summed E-state index contributed by atoms with van der Waals surface area (Å²) in [4.78, 5) is 11.9. The van der Waals surface area contributed by atoms with E-state index in [9.17, 15) is 4.79 Å². The topological polar surface area (TPSA) is 50.4 Å². The number of amides is 1. The van der Waals surface area contributed by atoms with Crippen LogP contribution in [0.25, 0.3) is 0 Å². The van der Waals surface area contributed by atoms with Crippen LogP contribution in [-0.2, 0) is 9.53 Å². The van der Waals surface area contributed by atoms with Gasteiger partial charge < -0.3 is 15.4 Å². The van der Waals surface area contributed by atoms with Crippen molar-refractivity contribution in [3.63, 3.8) is 0 Å². The van der Waals surface area contributed by atoms with E-state index in [0.717, 1.165) is 32.5 Å². The van der Waals surface area contributed by atoms with Gasteiger partial charge in [-0.1, -0.05) is 6.92 Å². The lowest BCUT2D eigenvalue weighted by atomic mass is 9.89. The number of rotatable bonds is 6. The van der Waals surface area contributed by atoms with Gasteiger partial charge in [-0.15, -0.1) is 0 Å². The van der Waals surface area contributed by atoms with E-state index >= 15 is 0 Å². The summed E-state index contributed by atoms with van der Waals surface area (Å²) in [6.45, 7) is 8.51. The van der Waals surface area contributed by atoms with E-state index in [1.807, 2.05) is 6.92 Å². The third-order valence-corrected chi connectivity index (χ3v) is 3.16. The van der Waals surface area contributed by atoms with Crippen molar-refractivity contribution >= 4 is 5.91 Å². The fourth-order valence-corrected chi connectivity index (χ4v) is 2.42. The maximum atomic E-state index is 11.9. The second-order valence-corrected chi connectivity index (χ2v) is 5.04. The molecule has 0 radical (unpaired) electrons. The van der Waals surface area contributed by atoms with Gasteiger partial charge >= 0.3 is 0 Å². The highest BCUT2D eigenvalue weighted by Gasteiger charge is 2.27. The standard InChI is InChI=1S/C13H26N2O2/c1-4-17-7-5-6-14-13(16)12-9-10(2)8-11(3)15-12/h10-12,15H,4-9H2,1-3H3,(H,14,16). The van der Waals surface area contributed by atoms with Gasteiger partial charge in [0.25, 0.3) is 0 Å². The molecule has 100 valence electrons. The normalized spacial score (nSPS) is 29.0. The van der Waals surface area contributed by atoms with Gasteiger partial charge in [-0.2, -0.15) is 0 Å². The monoisotopic (exact) mass is 242 g/mol. The molecule has 0 saturated carbocycles. The first-order valence-corrected chi connectivity index (χ1v) is 6.75. The van der Waals surface area contributed by atoms with Crippen LogP contribution in [-0.4, -0.2) is 37.7 Å². The summed E-state index contributed by atoms with van der Waals surface area (Å²) in [6.07, 6.45) is 2.99. The molecule has 4 nitrogen and oxygen atoms in total. The third kappa shape index (κ3) is 5.50. The van der Waals surface area contributed by atoms with Crippen molar-refractivity contribution in [1.82, 2.24) is 10.6 Å². The van der Waals surface area contributed by atoms with E-state index in [2.05, 4.69) is 24.5 Å². The van der Waals surface area contributed by atoms with Crippen LogP contribution in [0.4, 0.5) is 0 Å². The summed E-state index contributed by atoms with van der Waals surface area (Å²) >= 11 is 0. The zero-order valence-electron chi connectivity index (χ0n) is 11.3. The lowest BCUT2D eigenvalue weighted by Crippen LogP contribution is -2.52. The maximum absolute atomic E-state index is 11.9. The molecular weight excluding hydrogens is 216 g/mol. The van der Waals surface area contributed by atoms with E-state index in [1.54, 1.807) is 0 Å². The highest BCUT2D eigenvalue weighted by molar-refractivity contribution is 5.81. The molecule has 2 N–H and O–H groups in total. The minimum Gasteiger partial charge on any atom is -0.382 e. The largest absolute Gasteiger partial charge is 0.382 e. The quantitative estimate of drug-likeness (QED) is 0.690. The molecule has 1 rings (SSSR count). The Morgan fingerprint density at radius 3 is 2.82 bits per heavy atom. The van der Waals surface area contributed by atoms with E-state index in [1.165, 1.54) is 0 Å². The molecule has 0 aromatic rings. The van der Waals surface area contributed by atoms with Crippen LogP contribution in [0.15, 0.2) is 0 Å². The van der Waals surface area contributed by atoms with Crippen molar-refractivity contribution in [1.29, 1.82) is 0 Å². The molecule has 1 aliphatic heterocycles. The molecule has 3 unspecified atom stereocenters. The van der Waals surface area contributed by atoms with Crippen LogP contribution < -0.4 is 10.6 Å². The summed E-state index contributed by atoms with van der Waals surface area (Å²) < 4.78 is 5.23. The summed E-state index contributed by atoms with van der Waals surface area (Å²) in [5, 5.41) is 6.33. The van der Waals surface area contributed by atoms with E-state index < -0.39 is 0 Å². The van der Waals surface area contributed by atoms with Gasteiger partial charge in [0, 0.05) is 25.8 Å². The predicted octanol–water partition coefficient (Wildman–Crippen LogP) is 1.31. The lowest BCUT2D eigenvalue weighted by molar-refractivity contribution is -0.124. The summed E-state index contributed by atoms with van der Waals surface area (Å²) in [5.74, 6) is 0.769. The van der Waals surface area contributed by atoms with Crippen molar-refractivity contribution in [2.45, 2.75) is 52.1 Å². The summed E-state index contributed by atoms with van der Waals surface area (Å²) in [5.41, 5.74) is 0. The minimum atomic E-state index is -0.0131. The molecule has 4 heteroatoms. The molecule has 3 atom stereocenters. The summed E-state index contributed by atoms with van der Waals surface area (Å²) in [6, 6.07) is 0.429. The molecule has 0 aromatic heterocycles. The van der Waals surface area contributed by atoms with Gasteiger partial charge in [0.2, 0.25) is 5.91 Å². The highest BCUT2D eigenvalue weighted by atomic mass is 16.5. The first-order chi connectivity index (χ1) is 8.13. The smallest absolute Gasteiger partial charge is 0.237 e. The molecule has 1 fully saturated rings. The Morgan fingerprint density at radius 1 is 1.41 bits per heavy atom. The number of carbonyl (C=O) groups excluding carboxylic acids is 1. The second-order valence-electron chi connectivity index (χ2n) is 5.04. The molecule has 1 saturated heterocycles. The third-order valence-electron chi connectivity index (χ3n) is 3.16.